The summed E-state index contributed by atoms with van der Waals surface area (Å²) in [7, 11) is 3.08. The van der Waals surface area contributed by atoms with Gasteiger partial charge in [-0.1, -0.05) is 6.07 Å². The highest BCUT2D eigenvalue weighted by molar-refractivity contribution is 5.97. The van der Waals surface area contributed by atoms with Gasteiger partial charge >= 0.3 is 5.97 Å². The van der Waals surface area contributed by atoms with Crippen molar-refractivity contribution < 1.29 is 29.0 Å². The average Bonchev–Trinajstić information content (AvgIpc) is 3.22. The van der Waals surface area contributed by atoms with Crippen molar-refractivity contribution in [1.82, 2.24) is 15.2 Å². The van der Waals surface area contributed by atoms with Crippen LogP contribution in [-0.2, 0) is 4.79 Å². The first kappa shape index (κ1) is 28.2. The van der Waals surface area contributed by atoms with Crippen LogP contribution < -0.4 is 25.4 Å². The molecular weight excluding hydrogens is 514 g/mol. The molecule has 1 aliphatic heterocycles. The summed E-state index contributed by atoms with van der Waals surface area (Å²) in [6.45, 7) is 2.34. The Balaban J connectivity index is 1.43. The number of carboxylic acids is 1. The summed E-state index contributed by atoms with van der Waals surface area (Å²) < 4.78 is 10.6. The number of benzene rings is 2. The Morgan fingerprint density at radius 1 is 1.00 bits per heavy atom. The largest absolute Gasteiger partial charge is 0.493 e. The molecule has 0 spiro atoms. The van der Waals surface area contributed by atoms with E-state index in [-0.39, 0.29) is 12.3 Å². The summed E-state index contributed by atoms with van der Waals surface area (Å²) >= 11 is 0. The van der Waals surface area contributed by atoms with Gasteiger partial charge in [0, 0.05) is 49.7 Å². The van der Waals surface area contributed by atoms with Crippen molar-refractivity contribution >= 4 is 29.2 Å². The number of ether oxygens (including phenoxy) is 2. The number of carboxylic acid groups (broad SMARTS) is 1. The minimum atomic E-state index is -1.04. The lowest BCUT2D eigenvalue weighted by Crippen LogP contribution is -2.35. The van der Waals surface area contributed by atoms with Crippen molar-refractivity contribution in [1.29, 1.82) is 0 Å². The molecule has 4 N–H and O–H groups in total. The quantitative estimate of drug-likeness (QED) is 0.344. The minimum Gasteiger partial charge on any atom is -0.493 e. The molecule has 40 heavy (non-hydrogen) atoms. The first-order chi connectivity index (χ1) is 19.3. The predicted molar refractivity (Wildman–Crippen MR) is 150 cm³/mol. The van der Waals surface area contributed by atoms with Gasteiger partial charge in [-0.25, -0.2) is 0 Å². The number of nitrogens with one attached hydrogen (secondary N) is 1. The molecule has 2 amide bonds. The maximum atomic E-state index is 13.2. The molecule has 1 unspecified atom stereocenters. The molecule has 1 saturated heterocycles. The van der Waals surface area contributed by atoms with Gasteiger partial charge in [0.05, 0.1) is 38.1 Å². The molecule has 4 rings (SSSR count). The van der Waals surface area contributed by atoms with Crippen molar-refractivity contribution in [3.05, 3.63) is 77.6 Å². The second kappa shape index (κ2) is 12.8. The van der Waals surface area contributed by atoms with E-state index < -0.39 is 17.9 Å². The Morgan fingerprint density at radius 2 is 1.77 bits per heavy atom. The summed E-state index contributed by atoms with van der Waals surface area (Å²) in [6.07, 6.45) is 3.57. The van der Waals surface area contributed by atoms with E-state index in [1.54, 1.807) is 66.7 Å². The smallest absolute Gasteiger partial charge is 0.305 e. The van der Waals surface area contributed by atoms with E-state index in [1.165, 1.54) is 13.3 Å². The molecule has 210 valence electrons. The fourth-order valence-electron chi connectivity index (χ4n) is 4.75. The molecule has 11 nitrogen and oxygen atoms in total. The third-order valence-electron chi connectivity index (χ3n) is 6.81. The van der Waals surface area contributed by atoms with Gasteiger partial charge in [-0.15, -0.1) is 0 Å². The molecule has 11 heteroatoms. The van der Waals surface area contributed by atoms with E-state index in [1.807, 2.05) is 0 Å². The van der Waals surface area contributed by atoms with E-state index in [4.69, 9.17) is 15.2 Å². The van der Waals surface area contributed by atoms with E-state index in [2.05, 4.69) is 15.2 Å². The molecule has 0 aliphatic carbocycles. The molecule has 2 heterocycles. The number of carbonyl (C=O) groups is 3. The summed E-state index contributed by atoms with van der Waals surface area (Å²) in [5.41, 5.74) is 9.00. The average molecular weight is 548 g/mol. The van der Waals surface area contributed by atoms with Crippen LogP contribution in [0.25, 0.3) is 0 Å². The summed E-state index contributed by atoms with van der Waals surface area (Å²) in [5.74, 6) is -0.508. The van der Waals surface area contributed by atoms with Gasteiger partial charge in [0.15, 0.2) is 11.5 Å². The monoisotopic (exact) mass is 547 g/mol. The van der Waals surface area contributed by atoms with Crippen molar-refractivity contribution in [3.8, 4) is 11.5 Å². The van der Waals surface area contributed by atoms with E-state index >= 15 is 0 Å². The maximum absolute atomic E-state index is 13.2. The van der Waals surface area contributed by atoms with Crippen LogP contribution >= 0.6 is 0 Å². The number of carbonyl (C=O) groups excluding carboxylic acids is 2. The number of nitrogens with zero attached hydrogens (tertiary/aromatic N) is 3. The van der Waals surface area contributed by atoms with Crippen molar-refractivity contribution in [2.45, 2.75) is 18.9 Å². The number of methoxy groups -OCH3 is 2. The lowest BCUT2D eigenvalue weighted by molar-refractivity contribution is -0.137. The highest BCUT2D eigenvalue weighted by Crippen LogP contribution is 2.29. The van der Waals surface area contributed by atoms with Gasteiger partial charge in [-0.05, 0) is 54.4 Å². The Kier molecular flexibility index (Phi) is 9.05. The minimum absolute atomic E-state index is 0.0904. The standard InChI is InChI=1S/C29H33N5O6/c1-39-25-9-7-20(16-26(25)40-2)29(38)34-12-4-11-33(13-14-34)24-8-6-19(15-22(24)30)28(37)32-23(17-27(35)36)21-5-3-10-31-18-21/h3,5-10,15-16,18,23H,4,11-14,17,30H2,1-2H3,(H,32,37)(H,35,36). The van der Waals surface area contributed by atoms with Gasteiger partial charge < -0.3 is 35.4 Å². The number of aromatic nitrogens is 1. The highest BCUT2D eigenvalue weighted by atomic mass is 16.5. The number of amides is 2. The first-order valence-electron chi connectivity index (χ1n) is 12.9. The van der Waals surface area contributed by atoms with Crippen LogP contribution in [0.2, 0.25) is 0 Å². The third-order valence-corrected chi connectivity index (χ3v) is 6.81. The summed E-state index contributed by atoms with van der Waals surface area (Å²) in [5, 5.41) is 12.1. The van der Waals surface area contributed by atoms with Gasteiger partial charge in [0.2, 0.25) is 0 Å². The zero-order chi connectivity index (χ0) is 28.6. The lowest BCUT2D eigenvalue weighted by atomic mass is 10.0. The van der Waals surface area contributed by atoms with Crippen LogP contribution in [-0.4, -0.2) is 73.2 Å². The molecule has 1 aliphatic rings. The number of nitrogens with two attached hydrogens (primary N) is 1. The topological polar surface area (TPSA) is 147 Å². The Labute approximate surface area is 232 Å². The Morgan fingerprint density at radius 3 is 2.45 bits per heavy atom. The van der Waals surface area contributed by atoms with Crippen LogP contribution in [0.3, 0.4) is 0 Å². The maximum Gasteiger partial charge on any atom is 0.305 e. The molecule has 1 fully saturated rings. The van der Waals surface area contributed by atoms with Crippen LogP contribution in [0.15, 0.2) is 60.9 Å². The Hall–Kier alpha value is -4.80. The number of anilines is 2. The zero-order valence-corrected chi connectivity index (χ0v) is 22.5. The van der Waals surface area contributed by atoms with Crippen molar-refractivity contribution in [2.75, 3.05) is 51.0 Å². The number of pyridine rings is 1. The predicted octanol–water partition coefficient (Wildman–Crippen LogP) is 2.98. The fraction of sp³-hybridized carbons (Fsp3) is 0.310. The fourth-order valence-corrected chi connectivity index (χ4v) is 4.75. The molecule has 0 saturated carbocycles. The van der Waals surface area contributed by atoms with Crippen LogP contribution in [0.4, 0.5) is 11.4 Å². The molecule has 1 aromatic heterocycles. The highest BCUT2D eigenvalue weighted by Gasteiger charge is 2.24. The molecular formula is C29H33N5O6. The number of nitrogen functional groups attached to an aromatic ring is 1. The van der Waals surface area contributed by atoms with Gasteiger partial charge in [-0.2, -0.15) is 0 Å². The number of aliphatic carboxylic acids is 1. The summed E-state index contributed by atoms with van der Waals surface area (Å²) in [4.78, 5) is 45.5. The van der Waals surface area contributed by atoms with Crippen molar-refractivity contribution in [3.63, 3.8) is 0 Å². The molecule has 3 aromatic rings. The number of hydrogen-bond donors (Lipinski definition) is 3. The van der Waals surface area contributed by atoms with Gasteiger partial charge in [0.1, 0.15) is 0 Å². The SMILES string of the molecule is COc1ccc(C(=O)N2CCCN(c3ccc(C(=O)NC(CC(=O)O)c4cccnc4)cc3N)CC2)cc1OC. The van der Waals surface area contributed by atoms with E-state index in [9.17, 15) is 19.5 Å². The second-order valence-electron chi connectivity index (χ2n) is 9.39. The summed E-state index contributed by atoms with van der Waals surface area (Å²) in [6, 6.07) is 12.8. The lowest BCUT2D eigenvalue weighted by Gasteiger charge is -2.25. The van der Waals surface area contributed by atoms with Crippen LogP contribution in [0.1, 0.15) is 45.2 Å². The number of hydrogen-bond acceptors (Lipinski definition) is 8. The van der Waals surface area contributed by atoms with Crippen LogP contribution in [0, 0.1) is 0 Å². The van der Waals surface area contributed by atoms with Crippen LogP contribution in [0.5, 0.6) is 11.5 Å². The molecule has 0 radical (unpaired) electrons. The van der Waals surface area contributed by atoms with E-state index in [0.29, 0.717) is 60.1 Å². The number of rotatable bonds is 9. The third kappa shape index (κ3) is 6.60. The zero-order valence-electron chi connectivity index (χ0n) is 22.5. The van der Waals surface area contributed by atoms with Gasteiger partial charge in [0.25, 0.3) is 11.8 Å². The second-order valence-corrected chi connectivity index (χ2v) is 9.39. The molecule has 1 atom stereocenters. The van der Waals surface area contributed by atoms with Gasteiger partial charge in [-0.3, -0.25) is 19.4 Å². The first-order valence-corrected chi connectivity index (χ1v) is 12.9. The van der Waals surface area contributed by atoms with E-state index in [0.717, 1.165) is 12.1 Å². The molecule has 2 aromatic carbocycles. The Bertz CT molecular complexity index is 1370. The molecule has 0 bridgehead atoms. The normalized spacial score (nSPS) is 14.2. The van der Waals surface area contributed by atoms with Crippen molar-refractivity contribution in [2.24, 2.45) is 0 Å².